The molecule has 2 aromatic heterocycles. The molecule has 0 saturated heterocycles. The molecule has 0 amide bonds. The van der Waals surface area contributed by atoms with Gasteiger partial charge in [0.1, 0.15) is 11.5 Å². The van der Waals surface area contributed by atoms with Gasteiger partial charge in [-0.3, -0.25) is 4.79 Å². The second-order valence-electron chi connectivity index (χ2n) is 5.17. The van der Waals surface area contributed by atoms with E-state index in [0.717, 1.165) is 11.3 Å². The van der Waals surface area contributed by atoms with E-state index in [4.69, 9.17) is 0 Å². The molecule has 3 rings (SSSR count). The summed E-state index contributed by atoms with van der Waals surface area (Å²) in [5, 5.41) is 4.34. The van der Waals surface area contributed by atoms with E-state index in [1.165, 1.54) is 13.0 Å². The summed E-state index contributed by atoms with van der Waals surface area (Å²) in [6.07, 6.45) is 0.665. The van der Waals surface area contributed by atoms with Crippen LogP contribution in [-0.2, 0) is 6.42 Å². The van der Waals surface area contributed by atoms with Crippen molar-refractivity contribution >= 4 is 11.6 Å². The fourth-order valence-corrected chi connectivity index (χ4v) is 2.28. The van der Waals surface area contributed by atoms with Gasteiger partial charge in [0.2, 0.25) is 0 Å². The largest absolute Gasteiger partial charge is 0.293 e. The molecule has 6 heteroatoms. The van der Waals surface area contributed by atoms with E-state index in [2.05, 4.69) is 15.1 Å². The summed E-state index contributed by atoms with van der Waals surface area (Å²) in [6, 6.07) is 6.59. The van der Waals surface area contributed by atoms with Crippen molar-refractivity contribution in [2.24, 2.45) is 0 Å². The number of nitrogens with zero attached hydrogens (tertiary/aromatic N) is 4. The Kier molecular flexibility index (Phi) is 3.44. The minimum atomic E-state index is -0.374. The molecule has 0 N–H and O–H groups in total. The highest BCUT2D eigenvalue weighted by atomic mass is 19.1. The standard InChI is InChI=1S/C16H15FN4O/c1-4-11-8-14(10(3)22)18-16-19-15(20-21(11)16)12-6-5-9(2)7-13(12)17/h5-8H,4H2,1-3H3. The van der Waals surface area contributed by atoms with Gasteiger partial charge in [0.25, 0.3) is 5.78 Å². The highest BCUT2D eigenvalue weighted by Crippen LogP contribution is 2.21. The molecule has 22 heavy (non-hydrogen) atoms. The molecule has 0 spiro atoms. The third kappa shape index (κ3) is 2.36. The van der Waals surface area contributed by atoms with Crippen LogP contribution in [0.4, 0.5) is 4.39 Å². The lowest BCUT2D eigenvalue weighted by Gasteiger charge is -2.02. The predicted octanol–water partition coefficient (Wildman–Crippen LogP) is 3.00. The number of halogens is 1. The third-order valence-corrected chi connectivity index (χ3v) is 3.47. The Morgan fingerprint density at radius 1 is 1.27 bits per heavy atom. The Hall–Kier alpha value is -2.63. The minimum absolute atomic E-state index is 0.136. The Morgan fingerprint density at radius 3 is 2.68 bits per heavy atom. The van der Waals surface area contributed by atoms with E-state index >= 15 is 0 Å². The molecule has 5 nitrogen and oxygen atoms in total. The molecule has 0 fully saturated rings. The lowest BCUT2D eigenvalue weighted by molar-refractivity contribution is 0.101. The molecule has 0 aliphatic rings. The van der Waals surface area contributed by atoms with E-state index in [1.807, 2.05) is 13.8 Å². The summed E-state index contributed by atoms with van der Waals surface area (Å²) < 4.78 is 15.6. The molecular weight excluding hydrogens is 283 g/mol. The maximum absolute atomic E-state index is 14.1. The van der Waals surface area contributed by atoms with Crippen LogP contribution < -0.4 is 0 Å². The van der Waals surface area contributed by atoms with Crippen LogP contribution in [0.3, 0.4) is 0 Å². The van der Waals surface area contributed by atoms with Crippen LogP contribution in [-0.4, -0.2) is 25.4 Å². The molecule has 2 heterocycles. The van der Waals surface area contributed by atoms with Crippen molar-refractivity contribution in [3.8, 4) is 11.4 Å². The molecule has 0 saturated carbocycles. The van der Waals surface area contributed by atoms with Gasteiger partial charge in [0.15, 0.2) is 11.6 Å². The van der Waals surface area contributed by atoms with Gasteiger partial charge in [-0.25, -0.2) is 13.9 Å². The number of Topliss-reactive ketones (excluding diaryl/α,β-unsaturated/α-hetero) is 1. The SMILES string of the molecule is CCc1cc(C(C)=O)nc2nc(-c3ccc(C)cc3F)nn12. The average molecular weight is 298 g/mol. The topological polar surface area (TPSA) is 60.2 Å². The molecule has 112 valence electrons. The van der Waals surface area contributed by atoms with Crippen LogP contribution in [0.25, 0.3) is 17.2 Å². The highest BCUT2D eigenvalue weighted by Gasteiger charge is 2.15. The van der Waals surface area contributed by atoms with Gasteiger partial charge in [0.05, 0.1) is 5.56 Å². The van der Waals surface area contributed by atoms with Gasteiger partial charge in [-0.15, -0.1) is 5.10 Å². The van der Waals surface area contributed by atoms with E-state index in [-0.39, 0.29) is 17.4 Å². The minimum Gasteiger partial charge on any atom is -0.293 e. The molecule has 0 unspecified atom stereocenters. The quantitative estimate of drug-likeness (QED) is 0.697. The van der Waals surface area contributed by atoms with E-state index in [9.17, 15) is 9.18 Å². The predicted molar refractivity (Wildman–Crippen MR) is 80.3 cm³/mol. The third-order valence-electron chi connectivity index (χ3n) is 3.47. The van der Waals surface area contributed by atoms with Crippen molar-refractivity contribution < 1.29 is 9.18 Å². The van der Waals surface area contributed by atoms with Crippen LogP contribution in [0.5, 0.6) is 0 Å². The number of carbonyl (C=O) groups is 1. The van der Waals surface area contributed by atoms with Crippen molar-refractivity contribution in [1.82, 2.24) is 19.6 Å². The number of hydrogen-bond acceptors (Lipinski definition) is 4. The summed E-state index contributed by atoms with van der Waals surface area (Å²) in [5.41, 5.74) is 2.30. The Labute approximate surface area is 126 Å². The monoisotopic (exact) mass is 298 g/mol. The first-order valence-electron chi connectivity index (χ1n) is 7.03. The van der Waals surface area contributed by atoms with E-state index in [1.54, 1.807) is 22.7 Å². The van der Waals surface area contributed by atoms with Crippen molar-refractivity contribution in [2.45, 2.75) is 27.2 Å². The number of aryl methyl sites for hydroxylation is 2. The Bertz CT molecular complexity index is 885. The first kappa shape index (κ1) is 14.3. The summed E-state index contributed by atoms with van der Waals surface area (Å²) in [7, 11) is 0. The molecular formula is C16H15FN4O. The van der Waals surface area contributed by atoms with Crippen LogP contribution in [0.2, 0.25) is 0 Å². The van der Waals surface area contributed by atoms with Crippen molar-refractivity contribution in [3.63, 3.8) is 0 Å². The second-order valence-corrected chi connectivity index (χ2v) is 5.17. The summed E-state index contributed by atoms with van der Waals surface area (Å²) in [6.45, 7) is 5.22. The number of hydrogen-bond donors (Lipinski definition) is 0. The highest BCUT2D eigenvalue weighted by molar-refractivity contribution is 5.92. The van der Waals surface area contributed by atoms with Crippen molar-refractivity contribution in [1.29, 1.82) is 0 Å². The fourth-order valence-electron chi connectivity index (χ4n) is 2.28. The lowest BCUT2D eigenvalue weighted by atomic mass is 10.1. The second kappa shape index (κ2) is 5.29. The maximum Gasteiger partial charge on any atom is 0.253 e. The fraction of sp³-hybridized carbons (Fsp3) is 0.250. The molecule has 0 aliphatic heterocycles. The average Bonchev–Trinajstić information content (AvgIpc) is 2.89. The Balaban J connectivity index is 2.22. The number of benzene rings is 1. The smallest absolute Gasteiger partial charge is 0.253 e. The summed E-state index contributed by atoms with van der Waals surface area (Å²) in [5.74, 6) is 0.0592. The van der Waals surface area contributed by atoms with Gasteiger partial charge in [-0.05, 0) is 37.1 Å². The normalized spacial score (nSPS) is 11.1. The molecule has 3 aromatic rings. The maximum atomic E-state index is 14.1. The first-order valence-corrected chi connectivity index (χ1v) is 7.03. The van der Waals surface area contributed by atoms with Crippen LogP contribution in [0.15, 0.2) is 24.3 Å². The van der Waals surface area contributed by atoms with Gasteiger partial charge in [0, 0.05) is 12.6 Å². The van der Waals surface area contributed by atoms with Crippen LogP contribution in [0.1, 0.15) is 35.6 Å². The van der Waals surface area contributed by atoms with Crippen LogP contribution in [0, 0.1) is 12.7 Å². The number of carbonyl (C=O) groups excluding carboxylic acids is 1. The van der Waals surface area contributed by atoms with Gasteiger partial charge >= 0.3 is 0 Å². The van der Waals surface area contributed by atoms with Gasteiger partial charge in [-0.2, -0.15) is 4.98 Å². The van der Waals surface area contributed by atoms with Crippen LogP contribution >= 0.6 is 0 Å². The zero-order valence-electron chi connectivity index (χ0n) is 12.6. The number of ketones is 1. The molecule has 1 aromatic carbocycles. The van der Waals surface area contributed by atoms with Crippen molar-refractivity contribution in [3.05, 3.63) is 47.0 Å². The molecule has 0 bridgehead atoms. The van der Waals surface area contributed by atoms with Gasteiger partial charge < -0.3 is 0 Å². The Morgan fingerprint density at radius 2 is 2.05 bits per heavy atom. The molecule has 0 aliphatic carbocycles. The lowest BCUT2D eigenvalue weighted by Crippen LogP contribution is -2.05. The first-order chi connectivity index (χ1) is 10.5. The van der Waals surface area contributed by atoms with Gasteiger partial charge in [-0.1, -0.05) is 13.0 Å². The van der Waals surface area contributed by atoms with Crippen molar-refractivity contribution in [2.75, 3.05) is 0 Å². The molecule has 0 atom stereocenters. The zero-order valence-corrected chi connectivity index (χ0v) is 12.6. The summed E-state index contributed by atoms with van der Waals surface area (Å²) >= 11 is 0. The number of fused-ring (bicyclic) bond motifs is 1. The molecule has 0 radical (unpaired) electrons. The number of aromatic nitrogens is 4. The zero-order chi connectivity index (χ0) is 15.9. The number of rotatable bonds is 3. The summed E-state index contributed by atoms with van der Waals surface area (Å²) in [4.78, 5) is 20.0. The van der Waals surface area contributed by atoms with E-state index in [0.29, 0.717) is 23.5 Å². The van der Waals surface area contributed by atoms with E-state index < -0.39 is 0 Å².